The molecule has 0 spiro atoms. The molecule has 2 aromatic rings. The lowest BCUT2D eigenvalue weighted by Gasteiger charge is -2.20. The predicted molar refractivity (Wildman–Crippen MR) is 69.4 cm³/mol. The van der Waals surface area contributed by atoms with Crippen LogP contribution in [-0.2, 0) is 12.8 Å². The number of ether oxygens (including phenoxy) is 1. The Morgan fingerprint density at radius 2 is 2.35 bits per heavy atom. The second kappa shape index (κ2) is 4.08. The van der Waals surface area contributed by atoms with E-state index in [-0.39, 0.29) is 0 Å². The Kier molecular flexibility index (Phi) is 2.56. The van der Waals surface area contributed by atoms with Gasteiger partial charge in [-0.25, -0.2) is 0 Å². The first kappa shape index (κ1) is 10.7. The minimum absolute atomic E-state index is 0.632. The lowest BCUT2D eigenvalue weighted by molar-refractivity contribution is 0.419. The quantitative estimate of drug-likeness (QED) is 0.831. The molecule has 3 nitrogen and oxygen atoms in total. The number of hydrogen-bond acceptors (Lipinski definition) is 2. The van der Waals surface area contributed by atoms with Crippen molar-refractivity contribution in [3.63, 3.8) is 0 Å². The third-order valence-electron chi connectivity index (χ3n) is 3.84. The molecule has 0 aliphatic heterocycles. The van der Waals surface area contributed by atoms with Crippen molar-refractivity contribution in [1.82, 2.24) is 4.98 Å². The van der Waals surface area contributed by atoms with Crippen molar-refractivity contribution < 1.29 is 4.74 Å². The topological polar surface area (TPSA) is 51.0 Å². The summed E-state index contributed by atoms with van der Waals surface area (Å²) in [4.78, 5) is 3.51. The molecule has 3 rings (SSSR count). The molecular formula is C14H18N2O. The van der Waals surface area contributed by atoms with Crippen LogP contribution in [-0.4, -0.2) is 18.6 Å². The van der Waals surface area contributed by atoms with Crippen molar-refractivity contribution in [1.29, 1.82) is 0 Å². The number of nitrogens with one attached hydrogen (secondary N) is 1. The average molecular weight is 230 g/mol. The highest BCUT2D eigenvalue weighted by atomic mass is 16.5. The Hall–Kier alpha value is -1.48. The molecular weight excluding hydrogens is 212 g/mol. The second-order valence-corrected chi connectivity index (χ2v) is 4.81. The number of methoxy groups -OCH3 is 1. The molecule has 1 aliphatic carbocycles. The lowest BCUT2D eigenvalue weighted by atomic mass is 9.86. The van der Waals surface area contributed by atoms with Gasteiger partial charge in [0.2, 0.25) is 0 Å². The number of fused-ring (bicyclic) bond motifs is 3. The van der Waals surface area contributed by atoms with Gasteiger partial charge in [0.15, 0.2) is 0 Å². The number of benzene rings is 1. The number of para-hydroxylation sites is 1. The molecule has 0 saturated heterocycles. The van der Waals surface area contributed by atoms with E-state index in [0.717, 1.165) is 30.7 Å². The van der Waals surface area contributed by atoms with E-state index in [0.29, 0.717) is 5.92 Å². The highest BCUT2D eigenvalue weighted by Crippen LogP contribution is 2.35. The zero-order valence-corrected chi connectivity index (χ0v) is 10.1. The summed E-state index contributed by atoms with van der Waals surface area (Å²) in [5.41, 5.74) is 9.75. The average Bonchev–Trinajstić information content (AvgIpc) is 2.76. The van der Waals surface area contributed by atoms with Crippen molar-refractivity contribution in [2.45, 2.75) is 19.3 Å². The summed E-state index contributed by atoms with van der Waals surface area (Å²) in [7, 11) is 1.72. The number of aromatic amines is 1. The number of nitrogens with two attached hydrogens (primary N) is 1. The van der Waals surface area contributed by atoms with Gasteiger partial charge in [-0.05, 0) is 43.4 Å². The predicted octanol–water partition coefficient (Wildman–Crippen LogP) is 2.24. The van der Waals surface area contributed by atoms with Crippen molar-refractivity contribution in [3.05, 3.63) is 29.5 Å². The molecule has 0 saturated carbocycles. The van der Waals surface area contributed by atoms with Crippen LogP contribution in [0.25, 0.3) is 10.9 Å². The molecule has 1 aliphatic rings. The van der Waals surface area contributed by atoms with Gasteiger partial charge in [0.1, 0.15) is 5.75 Å². The van der Waals surface area contributed by atoms with Gasteiger partial charge >= 0.3 is 0 Å². The van der Waals surface area contributed by atoms with Crippen LogP contribution in [0.2, 0.25) is 0 Å². The van der Waals surface area contributed by atoms with E-state index in [4.69, 9.17) is 10.5 Å². The SMILES string of the molecule is COc1cccc2c3c([nH]c12)CCC(CN)C3. The molecule has 0 fully saturated rings. The molecule has 1 heterocycles. The summed E-state index contributed by atoms with van der Waals surface area (Å²) >= 11 is 0. The Balaban J connectivity index is 2.16. The highest BCUT2D eigenvalue weighted by Gasteiger charge is 2.22. The van der Waals surface area contributed by atoms with Gasteiger partial charge in [0.25, 0.3) is 0 Å². The van der Waals surface area contributed by atoms with Gasteiger partial charge in [-0.2, -0.15) is 0 Å². The fourth-order valence-electron chi connectivity index (χ4n) is 2.86. The highest BCUT2D eigenvalue weighted by molar-refractivity contribution is 5.89. The monoisotopic (exact) mass is 230 g/mol. The largest absolute Gasteiger partial charge is 0.495 e. The number of hydrogen-bond donors (Lipinski definition) is 2. The molecule has 3 N–H and O–H groups in total. The van der Waals surface area contributed by atoms with E-state index in [1.54, 1.807) is 7.11 Å². The van der Waals surface area contributed by atoms with Crippen LogP contribution >= 0.6 is 0 Å². The van der Waals surface area contributed by atoms with Gasteiger partial charge in [-0.3, -0.25) is 0 Å². The molecule has 1 unspecified atom stereocenters. The lowest BCUT2D eigenvalue weighted by Crippen LogP contribution is -2.21. The summed E-state index contributed by atoms with van der Waals surface area (Å²) in [6.45, 7) is 0.788. The Bertz CT molecular complexity index is 544. The molecule has 0 amide bonds. The third-order valence-corrected chi connectivity index (χ3v) is 3.84. The van der Waals surface area contributed by atoms with E-state index in [2.05, 4.69) is 17.1 Å². The van der Waals surface area contributed by atoms with Gasteiger partial charge in [-0.1, -0.05) is 12.1 Å². The minimum Gasteiger partial charge on any atom is -0.495 e. The maximum absolute atomic E-state index is 5.79. The standard InChI is InChI=1S/C14H18N2O/c1-17-13-4-2-3-10-11-7-9(8-15)5-6-12(11)16-14(10)13/h2-4,9,16H,5-8,15H2,1H3. The molecule has 3 heteroatoms. The molecule has 1 aromatic carbocycles. The molecule has 17 heavy (non-hydrogen) atoms. The Morgan fingerprint density at radius 3 is 3.12 bits per heavy atom. The van der Waals surface area contributed by atoms with Gasteiger partial charge < -0.3 is 15.5 Å². The summed E-state index contributed by atoms with van der Waals surface area (Å²) < 4.78 is 5.40. The van der Waals surface area contributed by atoms with Crippen molar-refractivity contribution in [2.75, 3.05) is 13.7 Å². The van der Waals surface area contributed by atoms with Crippen LogP contribution in [0.4, 0.5) is 0 Å². The fraction of sp³-hybridized carbons (Fsp3) is 0.429. The minimum atomic E-state index is 0.632. The van der Waals surface area contributed by atoms with E-state index in [9.17, 15) is 0 Å². The van der Waals surface area contributed by atoms with E-state index < -0.39 is 0 Å². The third kappa shape index (κ3) is 1.62. The van der Waals surface area contributed by atoms with Crippen LogP contribution in [0.15, 0.2) is 18.2 Å². The van der Waals surface area contributed by atoms with E-state index >= 15 is 0 Å². The zero-order chi connectivity index (χ0) is 11.8. The fourth-order valence-corrected chi connectivity index (χ4v) is 2.86. The first-order valence-corrected chi connectivity index (χ1v) is 6.20. The summed E-state index contributed by atoms with van der Waals surface area (Å²) in [6, 6.07) is 6.23. The Labute approximate surface area is 101 Å². The maximum atomic E-state index is 5.79. The number of H-pyrrole nitrogens is 1. The van der Waals surface area contributed by atoms with Crippen LogP contribution in [0.1, 0.15) is 17.7 Å². The first-order chi connectivity index (χ1) is 8.33. The summed E-state index contributed by atoms with van der Waals surface area (Å²) in [5.74, 6) is 1.56. The molecule has 1 aromatic heterocycles. The number of rotatable bonds is 2. The summed E-state index contributed by atoms with van der Waals surface area (Å²) in [6.07, 6.45) is 3.40. The number of aryl methyl sites for hydroxylation is 1. The van der Waals surface area contributed by atoms with Crippen molar-refractivity contribution in [3.8, 4) is 5.75 Å². The van der Waals surface area contributed by atoms with Crippen molar-refractivity contribution >= 4 is 10.9 Å². The van der Waals surface area contributed by atoms with Crippen LogP contribution in [0.3, 0.4) is 0 Å². The second-order valence-electron chi connectivity index (χ2n) is 4.81. The van der Waals surface area contributed by atoms with Crippen molar-refractivity contribution in [2.24, 2.45) is 11.7 Å². The van der Waals surface area contributed by atoms with Gasteiger partial charge in [0, 0.05) is 11.1 Å². The van der Waals surface area contributed by atoms with Crippen LogP contribution < -0.4 is 10.5 Å². The van der Waals surface area contributed by atoms with Crippen LogP contribution in [0.5, 0.6) is 5.75 Å². The molecule has 90 valence electrons. The molecule has 0 bridgehead atoms. The van der Waals surface area contributed by atoms with Crippen LogP contribution in [0, 0.1) is 5.92 Å². The normalized spacial score (nSPS) is 19.3. The zero-order valence-electron chi connectivity index (χ0n) is 10.1. The van der Waals surface area contributed by atoms with E-state index in [1.807, 2.05) is 6.07 Å². The Morgan fingerprint density at radius 1 is 1.47 bits per heavy atom. The maximum Gasteiger partial charge on any atom is 0.142 e. The van der Waals surface area contributed by atoms with Gasteiger partial charge in [-0.15, -0.1) is 0 Å². The van der Waals surface area contributed by atoms with Gasteiger partial charge in [0.05, 0.1) is 12.6 Å². The first-order valence-electron chi connectivity index (χ1n) is 6.20. The van der Waals surface area contributed by atoms with E-state index in [1.165, 1.54) is 23.1 Å². The smallest absolute Gasteiger partial charge is 0.142 e. The molecule has 0 radical (unpaired) electrons. The number of aromatic nitrogens is 1. The summed E-state index contributed by atoms with van der Waals surface area (Å²) in [5, 5.41) is 1.30. The molecule has 1 atom stereocenters.